The summed E-state index contributed by atoms with van der Waals surface area (Å²) in [5, 5.41) is 7.33. The van der Waals surface area contributed by atoms with E-state index in [0.29, 0.717) is 11.7 Å². The normalized spacial score (nSPS) is 12.8. The van der Waals surface area contributed by atoms with E-state index in [4.69, 9.17) is 5.11 Å². The molecule has 30 heavy (non-hydrogen) atoms. The van der Waals surface area contributed by atoms with Crippen LogP contribution in [0.1, 0.15) is 104 Å². The monoisotopic (exact) mass is 440 g/mol. The van der Waals surface area contributed by atoms with Crippen molar-refractivity contribution in [2.75, 3.05) is 11.5 Å². The molecule has 0 saturated carbocycles. The van der Waals surface area contributed by atoms with Crippen LogP contribution in [0.3, 0.4) is 0 Å². The van der Waals surface area contributed by atoms with E-state index in [-0.39, 0.29) is 5.92 Å². The Morgan fingerprint density at radius 2 is 1.53 bits per heavy atom. The lowest BCUT2D eigenvalue weighted by molar-refractivity contribution is -0.119. The first kappa shape index (κ1) is 31.2. The maximum absolute atomic E-state index is 11.9. The number of unbranched alkanes of at least 4 members (excludes halogenated alkanes) is 6. The molecule has 0 radical (unpaired) electrons. The summed E-state index contributed by atoms with van der Waals surface area (Å²) in [6.07, 6.45) is 20.7. The summed E-state index contributed by atoms with van der Waals surface area (Å²) in [5.74, 6) is 3.02. The molecule has 0 amide bonds. The number of rotatable bonds is 20. The summed E-state index contributed by atoms with van der Waals surface area (Å²) in [4.78, 5) is 23.3. The summed E-state index contributed by atoms with van der Waals surface area (Å²) in [5.41, 5.74) is 0. The number of aliphatic hydroxyl groups is 1. The quantitative estimate of drug-likeness (QED) is 0.0899. The van der Waals surface area contributed by atoms with Crippen LogP contribution in [0, 0.1) is 11.8 Å². The highest BCUT2D eigenvalue weighted by molar-refractivity contribution is 7.99. The second kappa shape index (κ2) is 26.0. The molecule has 176 valence electrons. The van der Waals surface area contributed by atoms with Crippen LogP contribution in [0.4, 0.5) is 0 Å². The highest BCUT2D eigenvalue weighted by Gasteiger charge is 2.16. The molecule has 0 bridgehead atoms. The second-order valence-corrected chi connectivity index (χ2v) is 9.03. The molecule has 2 atom stereocenters. The second-order valence-electron chi connectivity index (χ2n) is 7.81. The van der Waals surface area contributed by atoms with Crippen molar-refractivity contribution in [3.05, 3.63) is 25.0 Å². The van der Waals surface area contributed by atoms with Crippen LogP contribution in [-0.4, -0.2) is 28.7 Å². The molecule has 0 aliphatic heterocycles. The summed E-state index contributed by atoms with van der Waals surface area (Å²) in [6.45, 7) is 9.44. The van der Waals surface area contributed by atoms with Crippen molar-refractivity contribution in [3.63, 3.8) is 0 Å². The van der Waals surface area contributed by atoms with Gasteiger partial charge in [0.2, 0.25) is 0 Å². The molecule has 0 fully saturated rings. The Bertz CT molecular complexity index is 421. The van der Waals surface area contributed by atoms with Gasteiger partial charge in [-0.3, -0.25) is 4.79 Å². The van der Waals surface area contributed by atoms with Crippen LogP contribution >= 0.6 is 11.8 Å². The minimum absolute atomic E-state index is 0.143. The Kier molecular flexibility index (Phi) is 27.0. The van der Waals surface area contributed by atoms with Gasteiger partial charge in [0, 0.05) is 18.8 Å². The predicted molar refractivity (Wildman–Crippen MR) is 134 cm³/mol. The maximum atomic E-state index is 11.9. The lowest BCUT2D eigenvalue weighted by Crippen LogP contribution is -2.14. The first-order valence-electron chi connectivity index (χ1n) is 12.1. The third-order valence-corrected chi connectivity index (χ3v) is 6.32. The number of hydrogen-bond acceptors (Lipinski definition) is 4. The van der Waals surface area contributed by atoms with Crippen molar-refractivity contribution < 1.29 is 14.7 Å². The minimum atomic E-state index is 0.143. The number of Topliss-reactive ketones (excluding diaryl/α,β-unsaturated/α-hetero) is 1. The van der Waals surface area contributed by atoms with Crippen molar-refractivity contribution in [3.8, 4) is 0 Å². The number of allylic oxidation sites excluding steroid dienone is 2. The van der Waals surface area contributed by atoms with Gasteiger partial charge in [0.25, 0.3) is 0 Å². The van der Waals surface area contributed by atoms with Crippen molar-refractivity contribution in [2.45, 2.75) is 104 Å². The summed E-state index contributed by atoms with van der Waals surface area (Å²) < 4.78 is 0. The van der Waals surface area contributed by atoms with Gasteiger partial charge in [0.1, 0.15) is 12.1 Å². The van der Waals surface area contributed by atoms with Gasteiger partial charge < -0.3 is 9.90 Å². The zero-order valence-corrected chi connectivity index (χ0v) is 20.8. The Hall–Kier alpha value is -1.03. The maximum Gasteiger partial charge on any atom is 0.132 e. The molecule has 0 spiro atoms. The molecule has 0 rings (SSSR count). The van der Waals surface area contributed by atoms with Crippen molar-refractivity contribution in [2.24, 2.45) is 11.8 Å². The van der Waals surface area contributed by atoms with Gasteiger partial charge in [-0.1, -0.05) is 78.0 Å². The van der Waals surface area contributed by atoms with E-state index < -0.39 is 0 Å². The van der Waals surface area contributed by atoms with E-state index in [9.17, 15) is 9.59 Å². The van der Waals surface area contributed by atoms with Gasteiger partial charge in [-0.15, -0.1) is 0 Å². The van der Waals surface area contributed by atoms with Gasteiger partial charge in [0.15, 0.2) is 0 Å². The van der Waals surface area contributed by atoms with Crippen LogP contribution < -0.4 is 0 Å². The molecule has 2 unspecified atom stereocenters. The highest BCUT2D eigenvalue weighted by Crippen LogP contribution is 2.22. The number of ketones is 1. The molecule has 0 saturated heterocycles. The van der Waals surface area contributed by atoms with Gasteiger partial charge in [-0.2, -0.15) is 11.8 Å². The molecule has 0 aromatic heterocycles. The van der Waals surface area contributed by atoms with Crippen molar-refractivity contribution in [1.29, 1.82) is 0 Å². The molecule has 0 heterocycles. The zero-order chi connectivity index (χ0) is 22.9. The molecule has 3 nitrogen and oxygen atoms in total. The van der Waals surface area contributed by atoms with E-state index in [0.717, 1.165) is 69.0 Å². The van der Waals surface area contributed by atoms with Crippen LogP contribution in [0.5, 0.6) is 0 Å². The first-order chi connectivity index (χ1) is 14.6. The van der Waals surface area contributed by atoms with Crippen LogP contribution in [0.15, 0.2) is 25.0 Å². The molecule has 0 aliphatic carbocycles. The van der Waals surface area contributed by atoms with Gasteiger partial charge in [-0.05, 0) is 49.5 Å². The molecule has 1 N–H and O–H groups in total. The number of aliphatic hydroxyl groups excluding tert-OH is 1. The molecule has 4 heteroatoms. The molecule has 0 aromatic carbocycles. The van der Waals surface area contributed by atoms with Crippen LogP contribution in [-0.2, 0) is 9.59 Å². The van der Waals surface area contributed by atoms with E-state index in [1.54, 1.807) is 0 Å². The summed E-state index contributed by atoms with van der Waals surface area (Å²) in [6, 6.07) is 0. The predicted octanol–water partition coefficient (Wildman–Crippen LogP) is 8.10. The van der Waals surface area contributed by atoms with E-state index in [1.165, 1.54) is 38.5 Å². The van der Waals surface area contributed by atoms with Gasteiger partial charge in [0.05, 0.1) is 6.26 Å². The van der Waals surface area contributed by atoms with E-state index >= 15 is 0 Å². The molecule has 0 aromatic rings. The third kappa shape index (κ3) is 21.7. The Balaban J connectivity index is 0. The topological polar surface area (TPSA) is 54.4 Å². The largest absolute Gasteiger partial charge is 0.516 e. The molecule has 0 aliphatic rings. The zero-order valence-electron chi connectivity index (χ0n) is 19.9. The SMILES string of the molecule is C=CO.CC/C=C/C(CC)C(C=O)CCSCCCC(=O)CCCCCCCCC. The lowest BCUT2D eigenvalue weighted by Gasteiger charge is -2.18. The number of thioether (sulfide) groups is 1. The average molecular weight is 441 g/mol. The van der Waals surface area contributed by atoms with Gasteiger partial charge >= 0.3 is 0 Å². The van der Waals surface area contributed by atoms with Crippen molar-refractivity contribution in [1.82, 2.24) is 0 Å². The minimum Gasteiger partial charge on any atom is -0.516 e. The summed E-state index contributed by atoms with van der Waals surface area (Å²) >= 11 is 1.90. The molecular weight excluding hydrogens is 392 g/mol. The number of aldehydes is 1. The average Bonchev–Trinajstić information content (AvgIpc) is 2.74. The van der Waals surface area contributed by atoms with Crippen molar-refractivity contribution >= 4 is 23.8 Å². The molecular formula is C26H48O3S. The Morgan fingerprint density at radius 1 is 0.933 bits per heavy atom. The van der Waals surface area contributed by atoms with Crippen LogP contribution in [0.25, 0.3) is 0 Å². The number of carbonyl (C=O) groups is 2. The third-order valence-electron chi connectivity index (χ3n) is 5.21. The van der Waals surface area contributed by atoms with Gasteiger partial charge in [-0.25, -0.2) is 0 Å². The number of carbonyl (C=O) groups excluding carboxylic acids is 2. The number of hydrogen-bond donors (Lipinski definition) is 1. The Morgan fingerprint density at radius 3 is 2.10 bits per heavy atom. The fraction of sp³-hybridized carbons (Fsp3) is 0.769. The fourth-order valence-corrected chi connectivity index (χ4v) is 4.36. The summed E-state index contributed by atoms with van der Waals surface area (Å²) in [7, 11) is 0. The van der Waals surface area contributed by atoms with Crippen LogP contribution in [0.2, 0.25) is 0 Å². The smallest absolute Gasteiger partial charge is 0.132 e. The highest BCUT2D eigenvalue weighted by atomic mass is 32.2. The van der Waals surface area contributed by atoms with E-state index in [2.05, 4.69) is 39.5 Å². The Labute approximate surface area is 191 Å². The fourth-order valence-electron chi connectivity index (χ4n) is 3.37. The first-order valence-corrected chi connectivity index (χ1v) is 13.2. The standard InChI is InChI=1S/C24H44O2S.C2H4O/c1-4-7-9-10-11-12-13-16-24(26)17-14-19-27-20-18-23(21-25)22(6-3)15-8-5-2;1-2-3/h8,15,21-23H,4-7,9-14,16-20H2,1-3H3;2-3H,1H2/b15-8+;. The lowest BCUT2D eigenvalue weighted by atomic mass is 9.88. The van der Waals surface area contributed by atoms with E-state index in [1.807, 2.05) is 11.8 Å².